The van der Waals surface area contributed by atoms with Gasteiger partial charge in [-0.1, -0.05) is 42.5 Å². The Morgan fingerprint density at radius 3 is 2.48 bits per heavy atom. The third-order valence-electron chi connectivity index (χ3n) is 4.18. The van der Waals surface area contributed by atoms with Crippen LogP contribution in [0.4, 0.5) is 0 Å². The molecule has 0 unspecified atom stereocenters. The molecule has 2 aromatic carbocycles. The normalized spacial score (nSPS) is 13.0. The van der Waals surface area contributed by atoms with Crippen LogP contribution in [0.25, 0.3) is 10.8 Å². The molecule has 0 atom stereocenters. The molecule has 0 saturated carbocycles. The van der Waals surface area contributed by atoms with E-state index >= 15 is 0 Å². The Kier molecular flexibility index (Phi) is 4.29. The second-order valence-electron chi connectivity index (χ2n) is 6.00. The lowest BCUT2D eigenvalue weighted by molar-refractivity contribution is -0.143. The quantitative estimate of drug-likeness (QED) is 0.671. The second kappa shape index (κ2) is 6.89. The Morgan fingerprint density at radius 1 is 1.00 bits per heavy atom. The number of benzene rings is 2. The van der Waals surface area contributed by atoms with E-state index in [0.29, 0.717) is 26.4 Å². The van der Waals surface area contributed by atoms with Gasteiger partial charge in [-0.25, -0.2) is 0 Å². The van der Waals surface area contributed by atoms with Crippen LogP contribution in [0.1, 0.15) is 5.56 Å². The summed E-state index contributed by atoms with van der Waals surface area (Å²) in [6, 6.07) is 14.1. The maximum absolute atomic E-state index is 12.1. The van der Waals surface area contributed by atoms with Gasteiger partial charge in [-0.3, -0.25) is 4.79 Å². The molecule has 1 aromatic heterocycles. The minimum atomic E-state index is -0.222. The summed E-state index contributed by atoms with van der Waals surface area (Å²) in [6.07, 6.45) is 4.01. The largest absolute Gasteiger partial charge is 0.485 e. The fraction of sp³-hybridized carbons (Fsp3) is 0.250. The number of aromatic nitrogens is 1. The first-order valence-electron chi connectivity index (χ1n) is 8.36. The SMILES string of the molecule is O=C(Cc1ccc2ccccc2c1)OCCn1cc2c(c1)OCCO2. The van der Waals surface area contributed by atoms with Gasteiger partial charge in [0.15, 0.2) is 11.5 Å². The summed E-state index contributed by atoms with van der Waals surface area (Å²) in [5.74, 6) is 1.27. The minimum Gasteiger partial charge on any atom is -0.485 e. The fourth-order valence-corrected chi connectivity index (χ4v) is 2.95. The molecule has 0 spiro atoms. The van der Waals surface area contributed by atoms with Gasteiger partial charge in [-0.15, -0.1) is 0 Å². The molecule has 1 aliphatic rings. The summed E-state index contributed by atoms with van der Waals surface area (Å²) in [6.45, 7) is 2.03. The Labute approximate surface area is 145 Å². The first-order chi connectivity index (χ1) is 12.3. The molecule has 0 aliphatic carbocycles. The monoisotopic (exact) mass is 337 g/mol. The third-order valence-corrected chi connectivity index (χ3v) is 4.18. The number of nitrogens with zero attached hydrogens (tertiary/aromatic N) is 1. The van der Waals surface area contributed by atoms with E-state index in [1.807, 2.05) is 53.4 Å². The van der Waals surface area contributed by atoms with Crippen LogP contribution in [0.3, 0.4) is 0 Å². The van der Waals surface area contributed by atoms with Crippen LogP contribution in [-0.2, 0) is 22.5 Å². The summed E-state index contributed by atoms with van der Waals surface area (Å²) < 4.78 is 18.3. The third kappa shape index (κ3) is 3.60. The van der Waals surface area contributed by atoms with Crippen molar-refractivity contribution in [1.82, 2.24) is 4.57 Å². The lowest BCUT2D eigenvalue weighted by Gasteiger charge is -2.13. The summed E-state index contributed by atoms with van der Waals surface area (Å²) in [5, 5.41) is 2.30. The highest BCUT2D eigenvalue weighted by atomic mass is 16.6. The molecule has 4 rings (SSSR count). The Hall–Kier alpha value is -2.95. The van der Waals surface area contributed by atoms with Gasteiger partial charge in [0.05, 0.1) is 25.4 Å². The summed E-state index contributed by atoms with van der Waals surface area (Å²) in [5.41, 5.74) is 0.960. The van der Waals surface area contributed by atoms with E-state index in [1.54, 1.807) is 0 Å². The zero-order valence-electron chi connectivity index (χ0n) is 13.8. The molecule has 1 aliphatic heterocycles. The summed E-state index contributed by atoms with van der Waals surface area (Å²) >= 11 is 0. The smallest absolute Gasteiger partial charge is 0.310 e. The predicted molar refractivity (Wildman–Crippen MR) is 94.0 cm³/mol. The molecule has 25 heavy (non-hydrogen) atoms. The molecular weight excluding hydrogens is 318 g/mol. The minimum absolute atomic E-state index is 0.222. The Morgan fingerprint density at radius 2 is 1.72 bits per heavy atom. The van der Waals surface area contributed by atoms with E-state index in [2.05, 4.69) is 6.07 Å². The molecular formula is C20H19NO4. The molecule has 0 N–H and O–H groups in total. The van der Waals surface area contributed by atoms with E-state index in [-0.39, 0.29) is 12.4 Å². The van der Waals surface area contributed by atoms with Gasteiger partial charge in [0.25, 0.3) is 0 Å². The molecule has 0 bridgehead atoms. The molecule has 0 amide bonds. The van der Waals surface area contributed by atoms with Crippen LogP contribution in [0, 0.1) is 0 Å². The number of ether oxygens (including phenoxy) is 3. The van der Waals surface area contributed by atoms with Gasteiger partial charge in [-0.2, -0.15) is 0 Å². The second-order valence-corrected chi connectivity index (χ2v) is 6.00. The number of hydrogen-bond acceptors (Lipinski definition) is 4. The van der Waals surface area contributed by atoms with Crippen molar-refractivity contribution in [2.24, 2.45) is 0 Å². The fourth-order valence-electron chi connectivity index (χ4n) is 2.95. The maximum atomic E-state index is 12.1. The van der Waals surface area contributed by atoms with Crippen LogP contribution >= 0.6 is 0 Å². The van der Waals surface area contributed by atoms with Crippen molar-refractivity contribution in [2.45, 2.75) is 13.0 Å². The van der Waals surface area contributed by atoms with Crippen LogP contribution in [0.15, 0.2) is 54.9 Å². The average molecular weight is 337 g/mol. The summed E-state index contributed by atoms with van der Waals surface area (Å²) in [7, 11) is 0. The van der Waals surface area contributed by atoms with Crippen LogP contribution in [-0.4, -0.2) is 30.4 Å². The predicted octanol–water partition coefficient (Wildman–Crippen LogP) is 3.20. The first kappa shape index (κ1) is 15.6. The van der Waals surface area contributed by atoms with Gasteiger partial charge in [0, 0.05) is 0 Å². The average Bonchev–Trinajstić information content (AvgIpc) is 3.04. The van der Waals surface area contributed by atoms with E-state index in [0.717, 1.165) is 22.4 Å². The van der Waals surface area contributed by atoms with Crippen molar-refractivity contribution in [2.75, 3.05) is 19.8 Å². The zero-order valence-corrected chi connectivity index (χ0v) is 13.8. The molecule has 0 fully saturated rings. The highest BCUT2D eigenvalue weighted by molar-refractivity contribution is 5.84. The maximum Gasteiger partial charge on any atom is 0.310 e. The highest BCUT2D eigenvalue weighted by Gasteiger charge is 2.14. The van der Waals surface area contributed by atoms with Crippen molar-refractivity contribution < 1.29 is 19.0 Å². The van der Waals surface area contributed by atoms with E-state index in [4.69, 9.17) is 14.2 Å². The van der Waals surface area contributed by atoms with E-state index < -0.39 is 0 Å². The van der Waals surface area contributed by atoms with E-state index in [9.17, 15) is 4.79 Å². The topological polar surface area (TPSA) is 49.7 Å². The molecule has 5 heteroatoms. The first-order valence-corrected chi connectivity index (χ1v) is 8.36. The molecule has 128 valence electrons. The van der Waals surface area contributed by atoms with Crippen molar-refractivity contribution >= 4 is 16.7 Å². The number of hydrogen-bond donors (Lipinski definition) is 0. The Balaban J connectivity index is 1.30. The number of rotatable bonds is 5. The molecule has 0 radical (unpaired) electrons. The Bertz CT molecular complexity index is 876. The van der Waals surface area contributed by atoms with Crippen molar-refractivity contribution in [3.8, 4) is 11.5 Å². The van der Waals surface area contributed by atoms with Crippen LogP contribution < -0.4 is 9.47 Å². The lowest BCUT2D eigenvalue weighted by Crippen LogP contribution is -2.13. The lowest BCUT2D eigenvalue weighted by atomic mass is 10.1. The number of fused-ring (bicyclic) bond motifs is 2. The van der Waals surface area contributed by atoms with Gasteiger partial charge in [-0.05, 0) is 16.3 Å². The molecule has 2 heterocycles. The highest BCUT2D eigenvalue weighted by Crippen LogP contribution is 2.30. The molecule has 3 aromatic rings. The zero-order chi connectivity index (χ0) is 17.1. The number of carbonyl (C=O) groups is 1. The molecule has 0 saturated heterocycles. The van der Waals surface area contributed by atoms with E-state index in [1.165, 1.54) is 5.39 Å². The standard InChI is InChI=1S/C20H19NO4/c22-20(12-15-5-6-16-3-1-2-4-17(16)11-15)25-8-7-21-13-18-19(14-21)24-10-9-23-18/h1-6,11,13-14H,7-10,12H2. The van der Waals surface area contributed by atoms with Gasteiger partial charge in [0.1, 0.15) is 19.8 Å². The van der Waals surface area contributed by atoms with Crippen LogP contribution in [0.2, 0.25) is 0 Å². The van der Waals surface area contributed by atoms with Crippen molar-refractivity contribution in [1.29, 1.82) is 0 Å². The number of esters is 1. The molecule has 5 nitrogen and oxygen atoms in total. The number of carbonyl (C=O) groups excluding carboxylic acids is 1. The van der Waals surface area contributed by atoms with Gasteiger partial charge >= 0.3 is 5.97 Å². The van der Waals surface area contributed by atoms with Gasteiger partial charge < -0.3 is 18.8 Å². The summed E-state index contributed by atoms with van der Waals surface area (Å²) in [4.78, 5) is 12.1. The van der Waals surface area contributed by atoms with Crippen molar-refractivity contribution in [3.63, 3.8) is 0 Å². The van der Waals surface area contributed by atoms with Gasteiger partial charge in [0.2, 0.25) is 0 Å². The van der Waals surface area contributed by atoms with Crippen LogP contribution in [0.5, 0.6) is 11.5 Å². The van der Waals surface area contributed by atoms with Crippen molar-refractivity contribution in [3.05, 3.63) is 60.4 Å².